The summed E-state index contributed by atoms with van der Waals surface area (Å²) < 4.78 is 2.04. The van der Waals surface area contributed by atoms with Crippen molar-refractivity contribution < 1.29 is 9.59 Å². The van der Waals surface area contributed by atoms with Crippen LogP contribution < -0.4 is 0 Å². The minimum Gasteiger partial charge on any atom is -0.340 e. The lowest BCUT2D eigenvalue weighted by Crippen LogP contribution is -2.44. The van der Waals surface area contributed by atoms with Gasteiger partial charge in [0.15, 0.2) is 5.82 Å². The number of carbonyl (C=O) groups excluding carboxylic acids is 2. The molecule has 1 atom stereocenters. The number of hydrogen-bond acceptors (Lipinski definition) is 3. The molecule has 2 aliphatic heterocycles. The summed E-state index contributed by atoms with van der Waals surface area (Å²) in [5.74, 6) is 0.455. The lowest BCUT2D eigenvalue weighted by molar-refractivity contribution is 0.0589. The van der Waals surface area contributed by atoms with Gasteiger partial charge in [-0.2, -0.15) is 0 Å². The molecule has 2 aliphatic rings. The zero-order valence-corrected chi connectivity index (χ0v) is 17.2. The van der Waals surface area contributed by atoms with Crippen LogP contribution in [0.3, 0.4) is 0 Å². The van der Waals surface area contributed by atoms with Gasteiger partial charge in [0.2, 0.25) is 0 Å². The molecular weight excluding hydrogens is 340 g/mol. The van der Waals surface area contributed by atoms with Crippen molar-refractivity contribution in [2.45, 2.75) is 84.2 Å². The molecule has 3 heterocycles. The first-order chi connectivity index (χ1) is 13.1. The summed E-state index contributed by atoms with van der Waals surface area (Å²) in [6.45, 7) is 6.60. The molecule has 0 radical (unpaired) electrons. The fourth-order valence-corrected chi connectivity index (χ4v) is 4.38. The molecule has 0 bridgehead atoms. The molecule has 6 heteroatoms. The van der Waals surface area contributed by atoms with E-state index in [9.17, 15) is 9.59 Å². The van der Waals surface area contributed by atoms with Gasteiger partial charge in [-0.05, 0) is 51.4 Å². The highest BCUT2D eigenvalue weighted by Gasteiger charge is 2.33. The maximum absolute atomic E-state index is 13.3. The van der Waals surface area contributed by atoms with Gasteiger partial charge in [0.1, 0.15) is 5.69 Å². The van der Waals surface area contributed by atoms with Crippen molar-refractivity contribution in [3.8, 4) is 0 Å². The molecule has 2 amide bonds. The standard InChI is InChI=1S/C21H34N4O2/c1-4-6-13-23(3)20(26)18-17-12-8-10-15-25(17)19(22-18)21(27)24-14-9-7-11-16(24)5-2/h16H,4-15H2,1-3H3. The number of hydrogen-bond donors (Lipinski definition) is 0. The van der Waals surface area contributed by atoms with Crippen LogP contribution in [0.25, 0.3) is 0 Å². The number of fused-ring (bicyclic) bond motifs is 1. The average Bonchev–Trinajstić information content (AvgIpc) is 3.10. The molecule has 1 aromatic rings. The van der Waals surface area contributed by atoms with E-state index in [4.69, 9.17) is 0 Å². The van der Waals surface area contributed by atoms with Gasteiger partial charge in [-0.3, -0.25) is 9.59 Å². The number of aromatic nitrogens is 2. The molecular formula is C21H34N4O2. The van der Waals surface area contributed by atoms with Crippen molar-refractivity contribution in [3.05, 3.63) is 17.2 Å². The zero-order valence-electron chi connectivity index (χ0n) is 17.2. The minimum atomic E-state index is -0.0427. The van der Waals surface area contributed by atoms with Crippen molar-refractivity contribution in [3.63, 3.8) is 0 Å². The molecule has 1 fully saturated rings. The van der Waals surface area contributed by atoms with Gasteiger partial charge in [-0.1, -0.05) is 20.3 Å². The molecule has 0 aromatic carbocycles. The van der Waals surface area contributed by atoms with E-state index >= 15 is 0 Å². The number of carbonyl (C=O) groups is 2. The molecule has 1 saturated heterocycles. The summed E-state index contributed by atoms with van der Waals surface area (Å²) in [7, 11) is 1.84. The van der Waals surface area contributed by atoms with Crippen LogP contribution in [-0.4, -0.2) is 57.3 Å². The Morgan fingerprint density at radius 2 is 1.93 bits per heavy atom. The Morgan fingerprint density at radius 1 is 1.15 bits per heavy atom. The number of amides is 2. The van der Waals surface area contributed by atoms with E-state index in [-0.39, 0.29) is 11.8 Å². The Hall–Kier alpha value is -1.85. The van der Waals surface area contributed by atoms with Gasteiger partial charge in [0, 0.05) is 32.7 Å². The molecule has 0 saturated carbocycles. The third kappa shape index (κ3) is 4.04. The second kappa shape index (κ2) is 8.89. The smallest absolute Gasteiger partial charge is 0.290 e. The molecule has 150 valence electrons. The van der Waals surface area contributed by atoms with Gasteiger partial charge in [-0.25, -0.2) is 4.98 Å². The van der Waals surface area contributed by atoms with Gasteiger partial charge in [0.25, 0.3) is 11.8 Å². The molecule has 0 aliphatic carbocycles. The third-order valence-electron chi connectivity index (χ3n) is 6.06. The Kier molecular flexibility index (Phi) is 6.55. The highest BCUT2D eigenvalue weighted by molar-refractivity contribution is 5.97. The van der Waals surface area contributed by atoms with Crippen molar-refractivity contribution in [2.24, 2.45) is 0 Å². The number of piperidine rings is 1. The number of likely N-dealkylation sites (tertiary alicyclic amines) is 1. The molecule has 1 aromatic heterocycles. The summed E-state index contributed by atoms with van der Waals surface area (Å²) in [5.41, 5.74) is 1.46. The van der Waals surface area contributed by atoms with E-state index in [1.54, 1.807) is 4.90 Å². The van der Waals surface area contributed by atoms with E-state index in [1.165, 1.54) is 6.42 Å². The van der Waals surface area contributed by atoms with E-state index in [0.717, 1.165) is 76.7 Å². The SMILES string of the molecule is CCCCN(C)C(=O)c1nc(C(=O)N2CCCCC2CC)n2c1CCCC2. The van der Waals surface area contributed by atoms with Crippen LogP contribution in [0.15, 0.2) is 0 Å². The largest absolute Gasteiger partial charge is 0.340 e. The van der Waals surface area contributed by atoms with E-state index in [2.05, 4.69) is 18.8 Å². The van der Waals surface area contributed by atoms with Gasteiger partial charge < -0.3 is 14.4 Å². The van der Waals surface area contributed by atoms with Crippen LogP contribution in [0.5, 0.6) is 0 Å². The Balaban J connectivity index is 1.91. The highest BCUT2D eigenvalue weighted by Crippen LogP contribution is 2.26. The average molecular weight is 375 g/mol. The normalized spacial score (nSPS) is 19.7. The molecule has 1 unspecified atom stereocenters. The number of imidazole rings is 1. The minimum absolute atomic E-state index is 0.0139. The predicted octanol–water partition coefficient (Wildman–Crippen LogP) is 3.50. The molecule has 6 nitrogen and oxygen atoms in total. The van der Waals surface area contributed by atoms with Crippen molar-refractivity contribution in [1.82, 2.24) is 19.4 Å². The van der Waals surface area contributed by atoms with Crippen LogP contribution in [0.1, 0.15) is 92.0 Å². The Labute approximate surface area is 162 Å². The Bertz CT molecular complexity index is 682. The maximum atomic E-state index is 13.3. The summed E-state index contributed by atoms with van der Waals surface area (Å²) in [5, 5.41) is 0. The fraction of sp³-hybridized carbons (Fsp3) is 0.762. The van der Waals surface area contributed by atoms with Gasteiger partial charge in [-0.15, -0.1) is 0 Å². The first kappa shape index (κ1) is 19.9. The third-order valence-corrected chi connectivity index (χ3v) is 6.06. The van der Waals surface area contributed by atoms with Crippen LogP contribution in [0, 0.1) is 0 Å². The van der Waals surface area contributed by atoms with Gasteiger partial charge >= 0.3 is 0 Å². The van der Waals surface area contributed by atoms with E-state index in [0.29, 0.717) is 17.6 Å². The number of nitrogens with zero attached hydrogens (tertiary/aromatic N) is 4. The molecule has 0 spiro atoms. The number of unbranched alkanes of at least 4 members (excludes halogenated alkanes) is 1. The lowest BCUT2D eigenvalue weighted by atomic mass is 10.00. The van der Waals surface area contributed by atoms with E-state index < -0.39 is 0 Å². The monoisotopic (exact) mass is 374 g/mol. The first-order valence-corrected chi connectivity index (χ1v) is 10.7. The van der Waals surface area contributed by atoms with Crippen molar-refractivity contribution >= 4 is 11.8 Å². The summed E-state index contributed by atoms with van der Waals surface area (Å²) in [4.78, 5) is 34.7. The summed E-state index contributed by atoms with van der Waals surface area (Å²) in [6, 6.07) is 0.300. The maximum Gasteiger partial charge on any atom is 0.290 e. The van der Waals surface area contributed by atoms with Gasteiger partial charge in [0.05, 0.1) is 5.69 Å². The van der Waals surface area contributed by atoms with Crippen LogP contribution in [0.2, 0.25) is 0 Å². The van der Waals surface area contributed by atoms with Crippen LogP contribution in [-0.2, 0) is 13.0 Å². The van der Waals surface area contributed by atoms with Crippen molar-refractivity contribution in [1.29, 1.82) is 0 Å². The summed E-state index contributed by atoms with van der Waals surface area (Å²) in [6.07, 6.45) is 9.26. The van der Waals surface area contributed by atoms with Crippen molar-refractivity contribution in [2.75, 3.05) is 20.1 Å². The molecule has 3 rings (SSSR count). The van der Waals surface area contributed by atoms with Crippen LogP contribution >= 0.6 is 0 Å². The number of rotatable bonds is 6. The quantitative estimate of drug-likeness (QED) is 0.766. The predicted molar refractivity (Wildman–Crippen MR) is 106 cm³/mol. The van der Waals surface area contributed by atoms with E-state index in [1.807, 2.05) is 16.5 Å². The second-order valence-corrected chi connectivity index (χ2v) is 7.98. The highest BCUT2D eigenvalue weighted by atomic mass is 16.2. The Morgan fingerprint density at radius 3 is 2.67 bits per heavy atom. The zero-order chi connectivity index (χ0) is 19.4. The first-order valence-electron chi connectivity index (χ1n) is 10.7. The summed E-state index contributed by atoms with van der Waals surface area (Å²) >= 11 is 0. The fourth-order valence-electron chi connectivity index (χ4n) is 4.38. The molecule has 27 heavy (non-hydrogen) atoms. The molecule has 0 N–H and O–H groups in total. The topological polar surface area (TPSA) is 58.4 Å². The lowest BCUT2D eigenvalue weighted by Gasteiger charge is -2.35. The second-order valence-electron chi connectivity index (χ2n) is 7.98. The van der Waals surface area contributed by atoms with Crippen LogP contribution in [0.4, 0.5) is 0 Å².